The number of hydrogen-bond acceptors (Lipinski definition) is 5. The van der Waals surface area contributed by atoms with Gasteiger partial charge in [0, 0.05) is 6.61 Å². The zero-order chi connectivity index (χ0) is 14.8. The first-order valence-corrected chi connectivity index (χ1v) is 8.00. The number of nitrogens with one attached hydrogen (secondary N) is 2. The number of rotatable bonds is 4. The van der Waals surface area contributed by atoms with Crippen molar-refractivity contribution < 1.29 is 15.3 Å². The molecule has 7 heteroatoms. The SMILES string of the molecule is C[C@H](CO)C1CCNCC1.Cl.Cl.OC[C@H](O)C1CCNCC1. The van der Waals surface area contributed by atoms with Crippen molar-refractivity contribution in [1.82, 2.24) is 10.6 Å². The lowest BCUT2D eigenvalue weighted by molar-refractivity contribution is 0.0352. The molecule has 2 saturated heterocycles. The predicted molar refractivity (Wildman–Crippen MR) is 95.0 cm³/mol. The highest BCUT2D eigenvalue weighted by Gasteiger charge is 2.20. The summed E-state index contributed by atoms with van der Waals surface area (Å²) in [6, 6.07) is 0. The maximum Gasteiger partial charge on any atom is 0.0799 e. The lowest BCUT2D eigenvalue weighted by Gasteiger charge is -2.26. The topological polar surface area (TPSA) is 84.8 Å². The van der Waals surface area contributed by atoms with Crippen molar-refractivity contribution in [3.05, 3.63) is 0 Å². The van der Waals surface area contributed by atoms with Crippen LogP contribution in [0.1, 0.15) is 32.6 Å². The average molecular weight is 361 g/mol. The summed E-state index contributed by atoms with van der Waals surface area (Å²) in [6.45, 7) is 6.61. The van der Waals surface area contributed by atoms with Crippen molar-refractivity contribution in [3.63, 3.8) is 0 Å². The summed E-state index contributed by atoms with van der Waals surface area (Å²) < 4.78 is 0. The van der Waals surface area contributed by atoms with E-state index in [0.717, 1.165) is 44.9 Å². The molecule has 0 unspecified atom stereocenters. The number of aliphatic hydroxyl groups excluding tert-OH is 3. The normalized spacial score (nSPS) is 22.4. The van der Waals surface area contributed by atoms with E-state index < -0.39 is 6.10 Å². The van der Waals surface area contributed by atoms with Crippen LogP contribution < -0.4 is 10.6 Å². The third-order valence-corrected chi connectivity index (χ3v) is 4.59. The molecular formula is C15H34Cl2N2O3. The van der Waals surface area contributed by atoms with Gasteiger partial charge in [-0.2, -0.15) is 0 Å². The van der Waals surface area contributed by atoms with Crippen molar-refractivity contribution in [2.24, 2.45) is 17.8 Å². The summed E-state index contributed by atoms with van der Waals surface area (Å²) in [5.74, 6) is 1.57. The number of hydrogen-bond donors (Lipinski definition) is 5. The monoisotopic (exact) mass is 360 g/mol. The molecule has 2 rings (SSSR count). The van der Waals surface area contributed by atoms with Gasteiger partial charge in [-0.1, -0.05) is 6.92 Å². The molecule has 0 aromatic carbocycles. The molecule has 0 amide bonds. The van der Waals surface area contributed by atoms with Crippen LogP contribution in [0.15, 0.2) is 0 Å². The van der Waals surface area contributed by atoms with Gasteiger partial charge in [0.15, 0.2) is 0 Å². The Morgan fingerprint density at radius 2 is 1.23 bits per heavy atom. The molecule has 0 spiro atoms. The zero-order valence-electron chi connectivity index (χ0n) is 13.5. The van der Waals surface area contributed by atoms with E-state index in [0.29, 0.717) is 18.4 Å². The molecule has 2 fully saturated rings. The Labute approximate surface area is 147 Å². The van der Waals surface area contributed by atoms with Crippen LogP contribution in [0.25, 0.3) is 0 Å². The van der Waals surface area contributed by atoms with Crippen LogP contribution in [0.5, 0.6) is 0 Å². The van der Waals surface area contributed by atoms with Crippen molar-refractivity contribution in [2.75, 3.05) is 39.4 Å². The minimum atomic E-state index is -0.498. The molecule has 0 radical (unpaired) electrons. The molecule has 0 aromatic heterocycles. The summed E-state index contributed by atoms with van der Waals surface area (Å²) in [4.78, 5) is 0. The highest BCUT2D eigenvalue weighted by Crippen LogP contribution is 2.20. The van der Waals surface area contributed by atoms with E-state index in [1.165, 1.54) is 12.8 Å². The highest BCUT2D eigenvalue weighted by atomic mass is 35.5. The number of halogens is 2. The van der Waals surface area contributed by atoms with Crippen molar-refractivity contribution in [2.45, 2.75) is 38.7 Å². The smallest absolute Gasteiger partial charge is 0.0799 e. The van der Waals surface area contributed by atoms with Crippen molar-refractivity contribution >= 4 is 24.8 Å². The molecule has 2 aliphatic heterocycles. The first kappa shape index (κ1) is 24.6. The summed E-state index contributed by atoms with van der Waals surface area (Å²) in [5.41, 5.74) is 0. The van der Waals surface area contributed by atoms with E-state index in [1.807, 2.05) is 0 Å². The molecule has 5 N–H and O–H groups in total. The molecule has 0 bridgehead atoms. The van der Waals surface area contributed by atoms with E-state index in [1.54, 1.807) is 0 Å². The molecule has 2 atom stereocenters. The van der Waals surface area contributed by atoms with Gasteiger partial charge in [0.25, 0.3) is 0 Å². The van der Waals surface area contributed by atoms with Crippen LogP contribution in [0.3, 0.4) is 0 Å². The summed E-state index contributed by atoms with van der Waals surface area (Å²) in [6.07, 6.45) is 3.95. The Morgan fingerprint density at radius 3 is 1.59 bits per heavy atom. The molecule has 0 aliphatic carbocycles. The van der Waals surface area contributed by atoms with Crippen LogP contribution in [-0.4, -0.2) is 60.8 Å². The van der Waals surface area contributed by atoms with Crippen molar-refractivity contribution in [1.29, 1.82) is 0 Å². The number of aliphatic hydroxyl groups is 3. The van der Waals surface area contributed by atoms with Gasteiger partial charge in [0.05, 0.1) is 12.7 Å². The molecule has 2 aliphatic rings. The first-order chi connectivity index (χ1) is 9.69. The van der Waals surface area contributed by atoms with Gasteiger partial charge >= 0.3 is 0 Å². The van der Waals surface area contributed by atoms with E-state index in [4.69, 9.17) is 10.2 Å². The largest absolute Gasteiger partial charge is 0.396 e. The lowest BCUT2D eigenvalue weighted by atomic mass is 9.87. The lowest BCUT2D eigenvalue weighted by Crippen LogP contribution is -2.35. The number of piperidine rings is 2. The van der Waals surface area contributed by atoms with Gasteiger partial charge in [0.2, 0.25) is 0 Å². The fraction of sp³-hybridized carbons (Fsp3) is 1.00. The highest BCUT2D eigenvalue weighted by molar-refractivity contribution is 5.85. The fourth-order valence-electron chi connectivity index (χ4n) is 2.94. The Hall–Kier alpha value is 0.380. The Balaban J connectivity index is 0. The van der Waals surface area contributed by atoms with Gasteiger partial charge in [-0.25, -0.2) is 0 Å². The van der Waals surface area contributed by atoms with E-state index in [9.17, 15) is 5.11 Å². The standard InChI is InChI=1S/C8H17NO.C7H15NO2.2ClH/c1-7(6-10)8-2-4-9-5-3-8;9-5-7(10)6-1-3-8-4-2-6;;/h7-10H,2-6H2,1H3;6-10H,1-5H2;2*1H/t2*7-;;/m10../s1. The van der Waals surface area contributed by atoms with Crippen LogP contribution in [0.4, 0.5) is 0 Å². The summed E-state index contributed by atoms with van der Waals surface area (Å²) in [5, 5.41) is 33.2. The maximum absolute atomic E-state index is 9.20. The van der Waals surface area contributed by atoms with Crippen LogP contribution in [0.2, 0.25) is 0 Å². The van der Waals surface area contributed by atoms with Crippen molar-refractivity contribution in [3.8, 4) is 0 Å². The molecule has 0 saturated carbocycles. The molecule has 5 nitrogen and oxygen atoms in total. The second-order valence-corrected chi connectivity index (χ2v) is 6.08. The molecule has 22 heavy (non-hydrogen) atoms. The summed E-state index contributed by atoms with van der Waals surface area (Å²) >= 11 is 0. The van der Waals surface area contributed by atoms with E-state index in [2.05, 4.69) is 17.6 Å². The van der Waals surface area contributed by atoms with Gasteiger partial charge in [-0.15, -0.1) is 24.8 Å². The Kier molecular flexibility index (Phi) is 16.7. The average Bonchev–Trinajstić information content (AvgIpc) is 2.55. The first-order valence-electron chi connectivity index (χ1n) is 8.00. The van der Waals surface area contributed by atoms with Crippen LogP contribution in [-0.2, 0) is 0 Å². The summed E-state index contributed by atoms with van der Waals surface area (Å²) in [7, 11) is 0. The fourth-order valence-corrected chi connectivity index (χ4v) is 2.94. The minimum absolute atomic E-state index is 0. The van der Waals surface area contributed by atoms with E-state index in [-0.39, 0.29) is 31.4 Å². The quantitative estimate of drug-likeness (QED) is 0.512. The Bertz CT molecular complexity index is 215. The van der Waals surface area contributed by atoms with E-state index >= 15 is 0 Å². The molecule has 0 aromatic rings. The van der Waals surface area contributed by atoms with Gasteiger partial charge in [0.1, 0.15) is 0 Å². The predicted octanol–water partition coefficient (Wildman–Crippen LogP) is 0.797. The molecule has 2 heterocycles. The second-order valence-electron chi connectivity index (χ2n) is 6.08. The molecular weight excluding hydrogens is 327 g/mol. The van der Waals surface area contributed by atoms with Gasteiger partial charge < -0.3 is 26.0 Å². The Morgan fingerprint density at radius 1 is 0.818 bits per heavy atom. The van der Waals surface area contributed by atoms with Crippen LogP contribution >= 0.6 is 24.8 Å². The van der Waals surface area contributed by atoms with Gasteiger partial charge in [-0.05, 0) is 69.6 Å². The van der Waals surface area contributed by atoms with Gasteiger partial charge in [-0.3, -0.25) is 0 Å². The zero-order valence-corrected chi connectivity index (χ0v) is 15.2. The van der Waals surface area contributed by atoms with Crippen LogP contribution in [0, 0.1) is 17.8 Å². The third kappa shape index (κ3) is 9.50. The maximum atomic E-state index is 9.20. The molecule has 136 valence electrons. The minimum Gasteiger partial charge on any atom is -0.396 e. The third-order valence-electron chi connectivity index (χ3n) is 4.59. The second kappa shape index (κ2) is 14.9.